The van der Waals surface area contributed by atoms with E-state index in [-0.39, 0.29) is 30.0 Å². The van der Waals surface area contributed by atoms with E-state index in [4.69, 9.17) is 0 Å². The first-order chi connectivity index (χ1) is 13.6. The highest BCUT2D eigenvalue weighted by Crippen LogP contribution is 2.54. The van der Waals surface area contributed by atoms with Gasteiger partial charge in [0.25, 0.3) is 0 Å². The fraction of sp³-hybridized carbons (Fsp3) is 0.409. The molecule has 6 heteroatoms. The van der Waals surface area contributed by atoms with Crippen LogP contribution in [0.3, 0.4) is 0 Å². The average molecular weight is 378 g/mol. The Morgan fingerprint density at radius 3 is 2.50 bits per heavy atom. The standard InChI is InChI=1S/C22H26N4O2/c1-3-4-17-5-7-19(8-6-17)21-20(12-27)26(11-18-9-23-15-24-10-18)22(21)13-25(14-22)16(2)28/h3-10,15,20-21,27H,11-14H2,1-2H3/b4-3+/t20-,21+/m1/s1. The Labute approximate surface area is 165 Å². The lowest BCUT2D eigenvalue weighted by Crippen LogP contribution is -2.84. The normalized spacial score (nSPS) is 23.6. The maximum Gasteiger partial charge on any atom is 0.219 e. The molecule has 2 aromatic rings. The average Bonchev–Trinajstić information content (AvgIpc) is 2.66. The minimum atomic E-state index is -0.142. The summed E-state index contributed by atoms with van der Waals surface area (Å²) in [5, 5.41) is 10.2. The van der Waals surface area contributed by atoms with E-state index in [9.17, 15) is 9.90 Å². The van der Waals surface area contributed by atoms with Crippen LogP contribution in [0.4, 0.5) is 0 Å². The third-order valence-corrected chi connectivity index (χ3v) is 6.12. The quantitative estimate of drug-likeness (QED) is 0.863. The maximum absolute atomic E-state index is 11.9. The molecule has 1 aromatic carbocycles. The van der Waals surface area contributed by atoms with Crippen LogP contribution in [0.15, 0.2) is 49.1 Å². The Bertz CT molecular complexity index is 860. The van der Waals surface area contributed by atoms with Gasteiger partial charge in [0.2, 0.25) is 5.91 Å². The number of amides is 1. The Hall–Kier alpha value is -2.57. The highest BCUT2D eigenvalue weighted by atomic mass is 16.3. The van der Waals surface area contributed by atoms with Gasteiger partial charge in [-0.05, 0) is 18.1 Å². The molecule has 2 aliphatic rings. The first-order valence-electron chi connectivity index (χ1n) is 9.68. The number of benzene rings is 1. The van der Waals surface area contributed by atoms with Crippen molar-refractivity contribution in [2.45, 2.75) is 37.9 Å². The molecule has 2 saturated heterocycles. The van der Waals surface area contributed by atoms with Gasteiger partial charge in [0.15, 0.2) is 0 Å². The molecule has 1 amide bonds. The first-order valence-corrected chi connectivity index (χ1v) is 9.68. The summed E-state index contributed by atoms with van der Waals surface area (Å²) in [4.78, 5) is 24.3. The van der Waals surface area contributed by atoms with Crippen molar-refractivity contribution in [3.05, 3.63) is 65.8 Å². The molecular formula is C22H26N4O2. The fourth-order valence-electron chi connectivity index (χ4n) is 4.81. The number of allylic oxidation sites excluding steroid dienone is 1. The summed E-state index contributed by atoms with van der Waals surface area (Å²) in [6.07, 6.45) is 9.25. The molecular weight excluding hydrogens is 352 g/mol. The minimum absolute atomic E-state index is 0.0156. The van der Waals surface area contributed by atoms with Crippen molar-refractivity contribution in [3.63, 3.8) is 0 Å². The monoisotopic (exact) mass is 378 g/mol. The zero-order chi connectivity index (χ0) is 19.7. The second-order valence-corrected chi connectivity index (χ2v) is 7.75. The molecule has 1 N–H and O–H groups in total. The maximum atomic E-state index is 11.9. The highest BCUT2D eigenvalue weighted by molar-refractivity contribution is 5.75. The zero-order valence-electron chi connectivity index (χ0n) is 16.3. The summed E-state index contributed by atoms with van der Waals surface area (Å²) < 4.78 is 0. The number of aliphatic hydroxyl groups excluding tert-OH is 1. The summed E-state index contributed by atoms with van der Waals surface area (Å²) >= 11 is 0. The number of aromatic nitrogens is 2. The number of carbonyl (C=O) groups excluding carboxylic acids is 1. The molecule has 146 valence electrons. The van der Waals surface area contributed by atoms with Gasteiger partial charge < -0.3 is 10.0 Å². The lowest BCUT2D eigenvalue weighted by atomic mass is 9.60. The summed E-state index contributed by atoms with van der Waals surface area (Å²) in [5.41, 5.74) is 3.26. The summed E-state index contributed by atoms with van der Waals surface area (Å²) in [6.45, 7) is 5.75. The minimum Gasteiger partial charge on any atom is -0.395 e. The summed E-state index contributed by atoms with van der Waals surface area (Å²) in [5.74, 6) is 0.292. The Morgan fingerprint density at radius 1 is 1.25 bits per heavy atom. The molecule has 0 aliphatic carbocycles. The van der Waals surface area contributed by atoms with E-state index < -0.39 is 0 Å². The zero-order valence-corrected chi connectivity index (χ0v) is 16.3. The largest absolute Gasteiger partial charge is 0.395 e. The van der Waals surface area contributed by atoms with Gasteiger partial charge in [-0.1, -0.05) is 36.4 Å². The SMILES string of the molecule is C/C=C/c1ccc([C@H]2[C@@H](CO)N(Cc3cncnc3)C23CN(C(C)=O)C3)cc1. The number of likely N-dealkylation sites (tertiary alicyclic amines) is 2. The molecule has 4 rings (SSSR count). The van der Waals surface area contributed by atoms with Crippen LogP contribution in [0.25, 0.3) is 6.08 Å². The predicted molar refractivity (Wildman–Crippen MR) is 107 cm³/mol. The summed E-state index contributed by atoms with van der Waals surface area (Å²) in [6, 6.07) is 8.56. The van der Waals surface area contributed by atoms with E-state index in [0.717, 1.165) is 11.1 Å². The molecule has 2 fully saturated rings. The molecule has 0 unspecified atom stereocenters. The van der Waals surface area contributed by atoms with Crippen LogP contribution >= 0.6 is 0 Å². The number of hydrogen-bond acceptors (Lipinski definition) is 5. The van der Waals surface area contributed by atoms with Crippen molar-refractivity contribution < 1.29 is 9.90 Å². The van der Waals surface area contributed by atoms with Crippen LogP contribution in [0, 0.1) is 0 Å². The highest BCUT2D eigenvalue weighted by Gasteiger charge is 2.65. The van der Waals surface area contributed by atoms with Crippen molar-refractivity contribution >= 4 is 12.0 Å². The van der Waals surface area contributed by atoms with Crippen LogP contribution in [-0.4, -0.2) is 62.1 Å². The predicted octanol–water partition coefficient (Wildman–Crippen LogP) is 2.07. The van der Waals surface area contributed by atoms with Crippen molar-refractivity contribution in [3.8, 4) is 0 Å². The molecule has 28 heavy (non-hydrogen) atoms. The van der Waals surface area contributed by atoms with Crippen LogP contribution in [0.5, 0.6) is 0 Å². The van der Waals surface area contributed by atoms with Crippen molar-refractivity contribution in [2.75, 3.05) is 19.7 Å². The van der Waals surface area contributed by atoms with Crippen molar-refractivity contribution in [1.82, 2.24) is 19.8 Å². The second-order valence-electron chi connectivity index (χ2n) is 7.75. The molecule has 2 atom stereocenters. The van der Waals surface area contributed by atoms with Gasteiger partial charge in [-0.25, -0.2) is 9.97 Å². The van der Waals surface area contributed by atoms with Gasteiger partial charge in [0, 0.05) is 56.5 Å². The molecule has 1 aromatic heterocycles. The van der Waals surface area contributed by atoms with Gasteiger partial charge in [-0.2, -0.15) is 0 Å². The third kappa shape index (κ3) is 3.02. The first kappa shape index (κ1) is 18.8. The van der Waals surface area contributed by atoms with E-state index >= 15 is 0 Å². The Morgan fingerprint density at radius 2 is 1.93 bits per heavy atom. The lowest BCUT2D eigenvalue weighted by molar-refractivity contribution is -0.199. The number of carbonyl (C=O) groups is 1. The number of aliphatic hydroxyl groups is 1. The van der Waals surface area contributed by atoms with Gasteiger partial charge in [0.1, 0.15) is 6.33 Å². The van der Waals surface area contributed by atoms with Crippen LogP contribution in [0.1, 0.15) is 36.5 Å². The van der Waals surface area contributed by atoms with E-state index in [0.29, 0.717) is 19.6 Å². The van der Waals surface area contributed by atoms with E-state index in [1.165, 1.54) is 11.9 Å². The van der Waals surface area contributed by atoms with E-state index in [1.54, 1.807) is 6.92 Å². The van der Waals surface area contributed by atoms with Crippen molar-refractivity contribution in [1.29, 1.82) is 0 Å². The molecule has 0 radical (unpaired) electrons. The molecule has 2 aliphatic heterocycles. The summed E-state index contributed by atoms with van der Waals surface area (Å²) in [7, 11) is 0. The van der Waals surface area contributed by atoms with Gasteiger partial charge in [-0.15, -0.1) is 0 Å². The smallest absolute Gasteiger partial charge is 0.219 e. The second kappa shape index (κ2) is 7.45. The molecule has 0 saturated carbocycles. The molecule has 3 heterocycles. The van der Waals surface area contributed by atoms with Crippen molar-refractivity contribution in [2.24, 2.45) is 0 Å². The van der Waals surface area contributed by atoms with E-state index in [2.05, 4.69) is 45.2 Å². The number of hydrogen-bond donors (Lipinski definition) is 1. The van der Waals surface area contributed by atoms with Crippen LogP contribution in [-0.2, 0) is 11.3 Å². The lowest BCUT2D eigenvalue weighted by Gasteiger charge is -2.70. The van der Waals surface area contributed by atoms with Gasteiger partial charge in [-0.3, -0.25) is 9.69 Å². The van der Waals surface area contributed by atoms with Crippen LogP contribution < -0.4 is 0 Å². The molecule has 0 bridgehead atoms. The Kier molecular flexibility index (Phi) is 5.00. The fourth-order valence-corrected chi connectivity index (χ4v) is 4.81. The Balaban J connectivity index is 1.64. The topological polar surface area (TPSA) is 69.6 Å². The van der Waals surface area contributed by atoms with Gasteiger partial charge >= 0.3 is 0 Å². The molecule has 1 spiro atoms. The third-order valence-electron chi connectivity index (χ3n) is 6.12. The van der Waals surface area contributed by atoms with Gasteiger partial charge in [0.05, 0.1) is 12.1 Å². The van der Waals surface area contributed by atoms with E-state index in [1.807, 2.05) is 30.3 Å². The number of nitrogens with zero attached hydrogens (tertiary/aromatic N) is 4. The molecule has 6 nitrogen and oxygen atoms in total. The number of rotatable bonds is 5. The van der Waals surface area contributed by atoms with Crippen LogP contribution in [0.2, 0.25) is 0 Å².